The van der Waals surface area contributed by atoms with Gasteiger partial charge in [-0.3, -0.25) is 4.79 Å². The summed E-state index contributed by atoms with van der Waals surface area (Å²) in [6.07, 6.45) is 7.33. The summed E-state index contributed by atoms with van der Waals surface area (Å²) in [5.74, 6) is -0.0849. The minimum Gasteiger partial charge on any atom is -0.459 e. The van der Waals surface area contributed by atoms with Crippen LogP contribution < -0.4 is 0 Å². The average Bonchev–Trinajstić information content (AvgIpc) is 2.41. The monoisotopic (exact) mass is 378 g/mol. The molecule has 4 aliphatic rings. The van der Waals surface area contributed by atoms with Gasteiger partial charge in [-0.2, -0.15) is 0 Å². The fourth-order valence-electron chi connectivity index (χ4n) is 7.61. The van der Waals surface area contributed by atoms with E-state index in [0.717, 1.165) is 38.5 Å². The zero-order chi connectivity index (χ0) is 20.7. The largest absolute Gasteiger partial charge is 0.459 e. The molecule has 4 bridgehead atoms. The van der Waals surface area contributed by atoms with Crippen molar-refractivity contribution >= 4 is 5.97 Å². The molecule has 4 aliphatic carbocycles. The number of carbonyl (C=O) groups is 1. The Morgan fingerprint density at radius 1 is 0.852 bits per heavy atom. The van der Waals surface area contributed by atoms with E-state index in [9.17, 15) is 9.90 Å². The lowest BCUT2D eigenvalue weighted by molar-refractivity contribution is -0.286. The van der Waals surface area contributed by atoms with Crippen LogP contribution in [0.15, 0.2) is 0 Å². The third-order valence-electron chi connectivity index (χ3n) is 8.95. The number of ether oxygens (including phenoxy) is 1. The van der Waals surface area contributed by atoms with E-state index >= 15 is 0 Å². The van der Waals surface area contributed by atoms with Crippen molar-refractivity contribution in [3.63, 3.8) is 0 Å². The summed E-state index contributed by atoms with van der Waals surface area (Å²) in [5.41, 5.74) is -1.43. The maximum absolute atomic E-state index is 13.0. The smallest absolute Gasteiger partial charge is 0.312 e. The van der Waals surface area contributed by atoms with Crippen LogP contribution in [0.2, 0.25) is 0 Å². The van der Waals surface area contributed by atoms with Crippen molar-refractivity contribution in [1.29, 1.82) is 0 Å². The second kappa shape index (κ2) is 5.52. The number of esters is 1. The van der Waals surface area contributed by atoms with Gasteiger partial charge in [0.05, 0.1) is 11.0 Å². The standard InChI is InChI=1S/C24H42O3/c1-10-18(2,3)17(25)27-20(6,7)24-14-21(8)11-22(9,15-24)13-23(12-21,16-24)19(4,5)26/h26H,10-16H2,1-9H3. The second-order valence-electron chi connectivity index (χ2n) is 12.9. The fraction of sp³-hybridized carbons (Fsp3) is 0.958. The molecule has 0 aromatic heterocycles. The fourth-order valence-corrected chi connectivity index (χ4v) is 7.61. The zero-order valence-corrected chi connectivity index (χ0v) is 19.2. The Morgan fingerprint density at radius 2 is 1.30 bits per heavy atom. The molecule has 0 radical (unpaired) electrons. The molecular weight excluding hydrogens is 336 g/mol. The number of carbonyl (C=O) groups excluding carboxylic acids is 1. The third-order valence-corrected chi connectivity index (χ3v) is 8.95. The molecule has 0 heterocycles. The number of hydrogen-bond donors (Lipinski definition) is 1. The maximum Gasteiger partial charge on any atom is 0.312 e. The van der Waals surface area contributed by atoms with Gasteiger partial charge in [0.1, 0.15) is 5.60 Å². The third kappa shape index (κ3) is 3.07. The Hall–Kier alpha value is -0.570. The minimum atomic E-state index is -0.717. The van der Waals surface area contributed by atoms with Gasteiger partial charge in [0.2, 0.25) is 0 Å². The summed E-state index contributed by atoms with van der Waals surface area (Å²) in [6.45, 7) is 19.1. The van der Waals surface area contributed by atoms with Crippen LogP contribution in [0.1, 0.15) is 107 Å². The minimum absolute atomic E-state index is 0.0648. The SMILES string of the molecule is CCC(C)(C)C(=O)OC(C)(C)C12CC3(C)CC(C)(CC(C(C)(C)O)(C3)C1)C2. The van der Waals surface area contributed by atoms with Crippen LogP contribution in [0.4, 0.5) is 0 Å². The van der Waals surface area contributed by atoms with Gasteiger partial charge in [-0.15, -0.1) is 0 Å². The lowest BCUT2D eigenvalue weighted by Crippen LogP contribution is -2.69. The van der Waals surface area contributed by atoms with Crippen LogP contribution >= 0.6 is 0 Å². The van der Waals surface area contributed by atoms with E-state index in [1.807, 2.05) is 34.6 Å². The van der Waals surface area contributed by atoms with Gasteiger partial charge in [-0.05, 0) is 97.3 Å². The molecule has 2 atom stereocenters. The topological polar surface area (TPSA) is 46.5 Å². The first-order chi connectivity index (χ1) is 11.9. The molecule has 0 saturated heterocycles. The second-order valence-corrected chi connectivity index (χ2v) is 12.9. The highest BCUT2D eigenvalue weighted by Crippen LogP contribution is 2.77. The van der Waals surface area contributed by atoms with E-state index in [2.05, 4.69) is 27.7 Å². The molecule has 27 heavy (non-hydrogen) atoms. The molecule has 0 spiro atoms. The Morgan fingerprint density at radius 3 is 1.70 bits per heavy atom. The van der Waals surface area contributed by atoms with Crippen molar-refractivity contribution in [3.05, 3.63) is 0 Å². The quantitative estimate of drug-likeness (QED) is 0.607. The van der Waals surface area contributed by atoms with Crippen LogP contribution in [0, 0.1) is 27.1 Å². The van der Waals surface area contributed by atoms with Gasteiger partial charge >= 0.3 is 5.97 Å². The first-order valence-corrected chi connectivity index (χ1v) is 10.9. The Bertz CT molecular complexity index is 619. The molecule has 0 aromatic rings. The van der Waals surface area contributed by atoms with E-state index in [4.69, 9.17) is 4.74 Å². The molecular formula is C24H42O3. The van der Waals surface area contributed by atoms with Gasteiger partial charge < -0.3 is 9.84 Å². The van der Waals surface area contributed by atoms with Crippen LogP contribution in [-0.2, 0) is 9.53 Å². The highest BCUT2D eigenvalue weighted by atomic mass is 16.6. The molecule has 0 amide bonds. The zero-order valence-electron chi connectivity index (χ0n) is 19.2. The molecule has 4 saturated carbocycles. The van der Waals surface area contributed by atoms with Gasteiger partial charge in [0.15, 0.2) is 0 Å². The molecule has 2 unspecified atom stereocenters. The molecule has 156 valence electrons. The van der Waals surface area contributed by atoms with Crippen molar-refractivity contribution in [3.8, 4) is 0 Å². The molecule has 3 heteroatoms. The van der Waals surface area contributed by atoms with Gasteiger partial charge in [0, 0.05) is 10.8 Å². The predicted octanol–water partition coefficient (Wildman–Crippen LogP) is 5.88. The number of hydrogen-bond acceptors (Lipinski definition) is 3. The highest BCUT2D eigenvalue weighted by Gasteiger charge is 2.72. The summed E-state index contributed by atoms with van der Waals surface area (Å²) >= 11 is 0. The number of aliphatic hydroxyl groups is 1. The Balaban J connectivity index is 2.03. The maximum atomic E-state index is 13.0. The summed E-state index contributed by atoms with van der Waals surface area (Å²) in [5, 5.41) is 11.2. The first kappa shape index (κ1) is 21.1. The summed E-state index contributed by atoms with van der Waals surface area (Å²) < 4.78 is 6.31. The lowest BCUT2D eigenvalue weighted by Gasteiger charge is -2.74. The Labute approximate surface area is 166 Å². The van der Waals surface area contributed by atoms with Crippen molar-refractivity contribution in [2.75, 3.05) is 0 Å². The van der Waals surface area contributed by atoms with Crippen molar-refractivity contribution < 1.29 is 14.6 Å². The Kier molecular flexibility index (Phi) is 4.32. The van der Waals surface area contributed by atoms with Gasteiger partial charge in [-0.25, -0.2) is 0 Å². The van der Waals surface area contributed by atoms with Crippen LogP contribution in [0.3, 0.4) is 0 Å². The molecule has 1 N–H and O–H groups in total. The van der Waals surface area contributed by atoms with E-state index < -0.39 is 16.6 Å². The van der Waals surface area contributed by atoms with Crippen LogP contribution in [0.5, 0.6) is 0 Å². The van der Waals surface area contributed by atoms with Crippen molar-refractivity contribution in [2.45, 2.75) is 118 Å². The molecule has 4 rings (SSSR count). The summed E-state index contributed by atoms with van der Waals surface area (Å²) in [7, 11) is 0. The molecule has 3 nitrogen and oxygen atoms in total. The summed E-state index contributed by atoms with van der Waals surface area (Å²) in [4.78, 5) is 13.0. The predicted molar refractivity (Wildman–Crippen MR) is 109 cm³/mol. The van der Waals surface area contributed by atoms with Gasteiger partial charge in [-0.1, -0.05) is 20.8 Å². The molecule has 0 aliphatic heterocycles. The first-order valence-electron chi connectivity index (χ1n) is 10.9. The van der Waals surface area contributed by atoms with E-state index in [0.29, 0.717) is 0 Å². The van der Waals surface area contributed by atoms with E-state index in [1.165, 1.54) is 6.42 Å². The van der Waals surface area contributed by atoms with E-state index in [1.54, 1.807) is 0 Å². The molecule has 4 fully saturated rings. The van der Waals surface area contributed by atoms with Crippen molar-refractivity contribution in [2.24, 2.45) is 27.1 Å². The molecule has 0 aromatic carbocycles. The summed E-state index contributed by atoms with van der Waals surface area (Å²) in [6, 6.07) is 0. The highest BCUT2D eigenvalue weighted by molar-refractivity contribution is 5.76. The number of rotatable bonds is 5. The van der Waals surface area contributed by atoms with E-state index in [-0.39, 0.29) is 27.6 Å². The average molecular weight is 379 g/mol. The van der Waals surface area contributed by atoms with Gasteiger partial charge in [0.25, 0.3) is 0 Å². The normalized spacial score (nSPS) is 41.7. The van der Waals surface area contributed by atoms with Crippen LogP contribution in [-0.4, -0.2) is 22.3 Å². The van der Waals surface area contributed by atoms with Crippen molar-refractivity contribution in [1.82, 2.24) is 0 Å². The lowest BCUT2D eigenvalue weighted by atomic mass is 9.32. The van der Waals surface area contributed by atoms with Crippen LogP contribution in [0.25, 0.3) is 0 Å².